The molecule has 214 valence electrons. The number of aryl methyl sites for hydroxylation is 4. The molecule has 0 fully saturated rings. The van der Waals surface area contributed by atoms with Crippen LogP contribution in [0.15, 0.2) is 146 Å². The molecule has 0 heterocycles. The quantitative estimate of drug-likeness (QED) is 0.184. The van der Waals surface area contributed by atoms with Gasteiger partial charge >= 0.3 is 0 Å². The van der Waals surface area contributed by atoms with Crippen LogP contribution in [0.4, 0.5) is 34.1 Å². The predicted molar refractivity (Wildman–Crippen MR) is 190 cm³/mol. The minimum absolute atomic E-state index is 1.11. The fourth-order valence-electron chi connectivity index (χ4n) is 6.01. The number of anilines is 6. The molecule has 7 rings (SSSR count). The van der Waals surface area contributed by atoms with Crippen molar-refractivity contribution in [3.05, 3.63) is 168 Å². The number of rotatable bonds is 6. The molecule has 0 N–H and O–H groups in total. The first-order chi connectivity index (χ1) is 21.4. The molecule has 0 unspecified atom stereocenters. The first kappa shape index (κ1) is 27.5. The summed E-state index contributed by atoms with van der Waals surface area (Å²) in [5.41, 5.74) is 11.7. The fraction of sp³-hybridized carbons (Fsp3) is 0.0952. The van der Waals surface area contributed by atoms with Gasteiger partial charge in [0, 0.05) is 28.1 Å². The average Bonchev–Trinajstić information content (AvgIpc) is 3.04. The summed E-state index contributed by atoms with van der Waals surface area (Å²) < 4.78 is 0. The molecular weight excluding hydrogens is 532 g/mol. The van der Waals surface area contributed by atoms with Gasteiger partial charge < -0.3 is 9.80 Å². The van der Waals surface area contributed by atoms with Gasteiger partial charge in [-0.05, 0) is 111 Å². The molecule has 0 aromatic heterocycles. The van der Waals surface area contributed by atoms with Gasteiger partial charge in [0.1, 0.15) is 0 Å². The maximum absolute atomic E-state index is 2.43. The molecule has 2 heteroatoms. The summed E-state index contributed by atoms with van der Waals surface area (Å²) in [6.45, 7) is 8.57. The van der Waals surface area contributed by atoms with Gasteiger partial charge in [-0.25, -0.2) is 0 Å². The van der Waals surface area contributed by atoms with Crippen LogP contribution in [-0.4, -0.2) is 0 Å². The Balaban J connectivity index is 1.61. The summed E-state index contributed by atoms with van der Waals surface area (Å²) in [7, 11) is 0. The highest BCUT2D eigenvalue weighted by atomic mass is 15.2. The zero-order valence-corrected chi connectivity index (χ0v) is 25.8. The van der Waals surface area contributed by atoms with E-state index in [2.05, 4.69) is 183 Å². The van der Waals surface area contributed by atoms with Gasteiger partial charge in [-0.3, -0.25) is 0 Å². The highest BCUT2D eigenvalue weighted by molar-refractivity contribution is 6.11. The van der Waals surface area contributed by atoms with Crippen LogP contribution in [0.1, 0.15) is 22.3 Å². The third kappa shape index (κ3) is 5.20. The molecule has 44 heavy (non-hydrogen) atoms. The summed E-state index contributed by atoms with van der Waals surface area (Å²) in [4.78, 5) is 4.83. The van der Waals surface area contributed by atoms with Crippen molar-refractivity contribution in [2.45, 2.75) is 27.7 Å². The standard InChI is InChI=1S/C42H36N2/c1-29-9-18-36(19-10-29)43(37-20-11-30(2)12-21-37)41-26-17-35-27-33-7-5-6-8-34(33)28-40(35)42(41)44(38-22-13-31(3)14-23-38)39-24-15-32(4)16-25-39/h5-28H,1-4H3. The Morgan fingerprint density at radius 3 is 1.16 bits per heavy atom. The van der Waals surface area contributed by atoms with E-state index in [9.17, 15) is 0 Å². The predicted octanol–water partition coefficient (Wildman–Crippen LogP) is 12.2. The smallest absolute Gasteiger partial charge is 0.0781 e. The van der Waals surface area contributed by atoms with Crippen molar-refractivity contribution in [3.8, 4) is 0 Å². The van der Waals surface area contributed by atoms with Crippen LogP contribution in [0, 0.1) is 27.7 Å². The Kier molecular flexibility index (Phi) is 7.12. The lowest BCUT2D eigenvalue weighted by molar-refractivity contribution is 1.23. The molecule has 0 aliphatic heterocycles. The molecule has 0 spiro atoms. The van der Waals surface area contributed by atoms with Crippen molar-refractivity contribution in [3.63, 3.8) is 0 Å². The molecule has 0 radical (unpaired) electrons. The van der Waals surface area contributed by atoms with Crippen LogP contribution in [0.3, 0.4) is 0 Å². The van der Waals surface area contributed by atoms with Crippen molar-refractivity contribution >= 4 is 55.7 Å². The van der Waals surface area contributed by atoms with Gasteiger partial charge in [-0.1, -0.05) is 101 Å². The zero-order valence-electron chi connectivity index (χ0n) is 25.8. The lowest BCUT2D eigenvalue weighted by Gasteiger charge is -2.34. The molecule has 7 aromatic rings. The molecule has 2 nitrogen and oxygen atoms in total. The van der Waals surface area contributed by atoms with Crippen molar-refractivity contribution in [2.75, 3.05) is 9.80 Å². The Morgan fingerprint density at radius 1 is 0.341 bits per heavy atom. The minimum atomic E-state index is 1.11. The van der Waals surface area contributed by atoms with Gasteiger partial charge in [0.05, 0.1) is 11.4 Å². The SMILES string of the molecule is Cc1ccc(N(c2ccc(C)cc2)c2ccc3cc4ccccc4cc3c2N(c2ccc(C)cc2)c2ccc(C)cc2)cc1. The number of nitrogens with zero attached hydrogens (tertiary/aromatic N) is 2. The lowest BCUT2D eigenvalue weighted by Crippen LogP contribution is -2.17. The van der Waals surface area contributed by atoms with E-state index in [4.69, 9.17) is 0 Å². The summed E-state index contributed by atoms with van der Waals surface area (Å²) in [5, 5.41) is 4.87. The second kappa shape index (κ2) is 11.4. The van der Waals surface area contributed by atoms with Gasteiger partial charge in [0.25, 0.3) is 0 Å². The van der Waals surface area contributed by atoms with Gasteiger partial charge in [-0.2, -0.15) is 0 Å². The summed E-state index contributed by atoms with van der Waals surface area (Å²) in [6.07, 6.45) is 0. The third-order valence-electron chi connectivity index (χ3n) is 8.47. The molecule has 0 aliphatic rings. The second-order valence-electron chi connectivity index (χ2n) is 11.9. The van der Waals surface area contributed by atoms with Crippen LogP contribution in [0.25, 0.3) is 21.5 Å². The highest BCUT2D eigenvalue weighted by Gasteiger charge is 2.25. The fourth-order valence-corrected chi connectivity index (χ4v) is 6.01. The van der Waals surface area contributed by atoms with Gasteiger partial charge in [0.15, 0.2) is 0 Å². The van der Waals surface area contributed by atoms with Crippen LogP contribution in [0.2, 0.25) is 0 Å². The second-order valence-corrected chi connectivity index (χ2v) is 11.9. The largest absolute Gasteiger partial charge is 0.308 e. The van der Waals surface area contributed by atoms with Crippen LogP contribution < -0.4 is 9.80 Å². The maximum atomic E-state index is 2.43. The highest BCUT2D eigenvalue weighted by Crippen LogP contribution is 2.49. The molecule has 0 bridgehead atoms. The Bertz CT molecular complexity index is 1980. The van der Waals surface area contributed by atoms with Crippen molar-refractivity contribution in [1.29, 1.82) is 0 Å². The molecule has 0 saturated heterocycles. The van der Waals surface area contributed by atoms with E-state index in [1.807, 2.05) is 0 Å². The molecule has 7 aromatic carbocycles. The number of hydrogen-bond acceptors (Lipinski definition) is 2. The van der Waals surface area contributed by atoms with Gasteiger partial charge in [-0.15, -0.1) is 0 Å². The Hall–Kier alpha value is -5.34. The molecule has 0 atom stereocenters. The summed E-state index contributed by atoms with van der Waals surface area (Å²) in [6, 6.07) is 53.4. The van der Waals surface area contributed by atoms with Crippen LogP contribution >= 0.6 is 0 Å². The maximum Gasteiger partial charge on any atom is 0.0781 e. The van der Waals surface area contributed by atoms with E-state index < -0.39 is 0 Å². The van der Waals surface area contributed by atoms with E-state index in [1.54, 1.807) is 0 Å². The van der Waals surface area contributed by atoms with E-state index in [-0.39, 0.29) is 0 Å². The molecular formula is C42H36N2. The monoisotopic (exact) mass is 568 g/mol. The van der Waals surface area contributed by atoms with E-state index >= 15 is 0 Å². The first-order valence-electron chi connectivity index (χ1n) is 15.3. The third-order valence-corrected chi connectivity index (χ3v) is 8.47. The topological polar surface area (TPSA) is 6.48 Å². The molecule has 0 aliphatic carbocycles. The van der Waals surface area contributed by atoms with E-state index in [0.29, 0.717) is 0 Å². The minimum Gasteiger partial charge on any atom is -0.308 e. The van der Waals surface area contributed by atoms with E-state index in [1.165, 1.54) is 43.8 Å². The number of benzene rings is 7. The van der Waals surface area contributed by atoms with Crippen molar-refractivity contribution in [2.24, 2.45) is 0 Å². The Morgan fingerprint density at radius 2 is 0.727 bits per heavy atom. The molecule has 0 amide bonds. The Labute approximate surface area is 260 Å². The summed E-state index contributed by atoms with van der Waals surface area (Å²) >= 11 is 0. The van der Waals surface area contributed by atoms with Crippen molar-refractivity contribution < 1.29 is 0 Å². The average molecular weight is 569 g/mol. The lowest BCUT2D eigenvalue weighted by atomic mass is 9.98. The first-order valence-corrected chi connectivity index (χ1v) is 15.3. The normalized spacial score (nSPS) is 11.2. The summed E-state index contributed by atoms with van der Waals surface area (Å²) in [5.74, 6) is 0. The zero-order chi connectivity index (χ0) is 30.2. The number of hydrogen-bond donors (Lipinski definition) is 0. The molecule has 0 saturated carbocycles. The van der Waals surface area contributed by atoms with Gasteiger partial charge in [0.2, 0.25) is 0 Å². The van der Waals surface area contributed by atoms with Crippen LogP contribution in [0.5, 0.6) is 0 Å². The van der Waals surface area contributed by atoms with Crippen molar-refractivity contribution in [1.82, 2.24) is 0 Å². The van der Waals surface area contributed by atoms with Crippen LogP contribution in [-0.2, 0) is 0 Å². The van der Waals surface area contributed by atoms with E-state index in [0.717, 1.165) is 34.1 Å². The number of fused-ring (bicyclic) bond motifs is 2.